The van der Waals surface area contributed by atoms with Gasteiger partial charge in [-0.25, -0.2) is 9.59 Å². The minimum absolute atomic E-state index is 0.0456. The standard InChI is InChI=1S/C48H68N4O12/c1-34(2)31-42(44(54)49-19-21-58-23-25-60-27-29-62-30-28-61-26-24-59-22-20-50-46(56)64-48(3,4)5)51-45(55)43(53)41(32-35-13-7-6-8-14-35)52-47(57)63-33-40-38-17-11-9-15-36(38)37-16-10-12-18-39(37)40/h6-18,34,40-43,53H,19-33H2,1-5H3,(H,49,54)(H,50,56)(H,51,55)(H,52,57)/t41-,42+,43+/m1/s1. The molecule has 0 unspecified atom stereocenters. The number of benzene rings is 3. The molecule has 1 aliphatic rings. The van der Waals surface area contributed by atoms with Crippen LogP contribution in [0.5, 0.6) is 0 Å². The van der Waals surface area contributed by atoms with Gasteiger partial charge in [-0.05, 0) is 67.3 Å². The van der Waals surface area contributed by atoms with Crippen molar-refractivity contribution in [2.24, 2.45) is 5.92 Å². The monoisotopic (exact) mass is 892 g/mol. The molecular formula is C48H68N4O12. The molecule has 0 bridgehead atoms. The van der Waals surface area contributed by atoms with Crippen molar-refractivity contribution in [3.8, 4) is 11.1 Å². The summed E-state index contributed by atoms with van der Waals surface area (Å²) in [4.78, 5) is 51.7. The van der Waals surface area contributed by atoms with Crippen molar-refractivity contribution < 1.29 is 57.4 Å². The molecule has 352 valence electrons. The van der Waals surface area contributed by atoms with Crippen LogP contribution in [0.1, 0.15) is 63.6 Å². The zero-order chi connectivity index (χ0) is 46.2. The van der Waals surface area contributed by atoms with Gasteiger partial charge in [-0.1, -0.05) is 92.7 Å². The van der Waals surface area contributed by atoms with Crippen LogP contribution >= 0.6 is 0 Å². The van der Waals surface area contributed by atoms with Crippen molar-refractivity contribution in [3.05, 3.63) is 95.6 Å². The van der Waals surface area contributed by atoms with Crippen LogP contribution in [-0.4, -0.2) is 139 Å². The summed E-state index contributed by atoms with van der Waals surface area (Å²) < 4.78 is 38.4. The third-order valence-electron chi connectivity index (χ3n) is 9.88. The molecule has 4 rings (SSSR count). The summed E-state index contributed by atoms with van der Waals surface area (Å²) >= 11 is 0. The van der Waals surface area contributed by atoms with E-state index in [9.17, 15) is 24.3 Å². The van der Waals surface area contributed by atoms with Gasteiger partial charge in [0.25, 0.3) is 5.91 Å². The molecule has 4 amide bonds. The highest BCUT2D eigenvalue weighted by molar-refractivity contribution is 5.90. The Hall–Kier alpha value is -5.10. The molecule has 3 aromatic rings. The van der Waals surface area contributed by atoms with E-state index in [2.05, 4.69) is 33.4 Å². The number of carbonyl (C=O) groups excluding carboxylic acids is 4. The highest BCUT2D eigenvalue weighted by Gasteiger charge is 2.33. The molecule has 0 spiro atoms. The summed E-state index contributed by atoms with van der Waals surface area (Å²) in [6, 6.07) is 23.3. The first-order chi connectivity index (χ1) is 30.8. The number of fused-ring (bicyclic) bond motifs is 3. The van der Waals surface area contributed by atoms with E-state index in [-0.39, 0.29) is 38.0 Å². The molecule has 3 atom stereocenters. The lowest BCUT2D eigenvalue weighted by Crippen LogP contribution is -2.56. The van der Waals surface area contributed by atoms with E-state index in [1.165, 1.54) is 0 Å². The average molecular weight is 893 g/mol. The Bertz CT molecular complexity index is 1810. The molecule has 0 aliphatic heterocycles. The topological polar surface area (TPSA) is 201 Å². The Kier molecular flexibility index (Phi) is 22.5. The van der Waals surface area contributed by atoms with Crippen LogP contribution in [0.25, 0.3) is 11.1 Å². The van der Waals surface area contributed by atoms with Gasteiger partial charge in [0.05, 0.1) is 72.1 Å². The van der Waals surface area contributed by atoms with Gasteiger partial charge in [0.15, 0.2) is 6.10 Å². The number of aliphatic hydroxyl groups excluding tert-OH is 1. The van der Waals surface area contributed by atoms with Gasteiger partial charge in [0.2, 0.25) is 5.91 Å². The fourth-order valence-electron chi connectivity index (χ4n) is 6.93. The van der Waals surface area contributed by atoms with Gasteiger partial charge in [-0.3, -0.25) is 9.59 Å². The number of hydrogen-bond donors (Lipinski definition) is 5. The predicted octanol–water partition coefficient (Wildman–Crippen LogP) is 4.75. The summed E-state index contributed by atoms with van der Waals surface area (Å²) in [6.45, 7) is 13.5. The second-order valence-corrected chi connectivity index (χ2v) is 16.7. The van der Waals surface area contributed by atoms with E-state index in [1.54, 1.807) is 20.8 Å². The van der Waals surface area contributed by atoms with Gasteiger partial charge in [0, 0.05) is 19.0 Å². The molecule has 16 nitrogen and oxygen atoms in total. The van der Waals surface area contributed by atoms with E-state index in [0.717, 1.165) is 27.8 Å². The molecule has 0 aromatic heterocycles. The second kappa shape index (κ2) is 27.9. The van der Waals surface area contributed by atoms with Crippen molar-refractivity contribution in [1.82, 2.24) is 21.3 Å². The number of carbonyl (C=O) groups is 4. The number of alkyl carbamates (subject to hydrolysis) is 2. The number of nitrogens with one attached hydrogen (secondary N) is 4. The minimum atomic E-state index is -1.69. The SMILES string of the molecule is CC(C)C[C@H](NC(=O)[C@@H](O)[C@@H](Cc1ccccc1)NC(=O)OCC1c2ccccc2-c2ccccc21)C(=O)NCCOCCOCCOCCOCCOCCNC(=O)OC(C)(C)C. The molecule has 3 aromatic carbocycles. The maximum Gasteiger partial charge on any atom is 0.407 e. The summed E-state index contributed by atoms with van der Waals surface area (Å²) in [5.74, 6) is -1.33. The molecule has 16 heteroatoms. The van der Waals surface area contributed by atoms with E-state index in [0.29, 0.717) is 72.4 Å². The third kappa shape index (κ3) is 18.9. The Labute approximate surface area is 377 Å². The molecule has 5 N–H and O–H groups in total. The van der Waals surface area contributed by atoms with Gasteiger partial charge >= 0.3 is 12.2 Å². The van der Waals surface area contributed by atoms with Crippen LogP contribution in [0, 0.1) is 5.92 Å². The molecule has 0 saturated carbocycles. The molecule has 0 radical (unpaired) electrons. The number of ether oxygens (including phenoxy) is 7. The number of amides is 4. The summed E-state index contributed by atoms with van der Waals surface area (Å²) in [7, 11) is 0. The van der Waals surface area contributed by atoms with E-state index in [1.807, 2.05) is 80.6 Å². The summed E-state index contributed by atoms with van der Waals surface area (Å²) in [6.07, 6.45) is -2.48. The van der Waals surface area contributed by atoms with Crippen LogP contribution in [-0.2, 0) is 49.2 Å². The lowest BCUT2D eigenvalue weighted by atomic mass is 9.98. The van der Waals surface area contributed by atoms with Crippen LogP contribution in [0.3, 0.4) is 0 Å². The van der Waals surface area contributed by atoms with Gasteiger partial charge in [-0.15, -0.1) is 0 Å². The molecule has 64 heavy (non-hydrogen) atoms. The summed E-state index contributed by atoms with van der Waals surface area (Å²) in [5, 5.41) is 22.3. The smallest absolute Gasteiger partial charge is 0.407 e. The van der Waals surface area contributed by atoms with Crippen molar-refractivity contribution in [2.45, 2.75) is 77.2 Å². The van der Waals surface area contributed by atoms with Crippen LogP contribution in [0.15, 0.2) is 78.9 Å². The van der Waals surface area contributed by atoms with Crippen molar-refractivity contribution in [2.75, 3.05) is 85.8 Å². The first kappa shape index (κ1) is 51.5. The number of aliphatic hydroxyl groups is 1. The Morgan fingerprint density at radius 2 is 1.09 bits per heavy atom. The first-order valence-electron chi connectivity index (χ1n) is 22.1. The fourth-order valence-corrected chi connectivity index (χ4v) is 6.93. The zero-order valence-corrected chi connectivity index (χ0v) is 37.9. The Balaban J connectivity index is 1.10. The van der Waals surface area contributed by atoms with Crippen molar-refractivity contribution >= 4 is 24.0 Å². The van der Waals surface area contributed by atoms with Crippen molar-refractivity contribution in [1.29, 1.82) is 0 Å². The highest BCUT2D eigenvalue weighted by Crippen LogP contribution is 2.44. The number of rotatable bonds is 29. The zero-order valence-electron chi connectivity index (χ0n) is 37.9. The summed E-state index contributed by atoms with van der Waals surface area (Å²) in [5.41, 5.74) is 4.57. The molecule has 0 saturated heterocycles. The predicted molar refractivity (Wildman–Crippen MR) is 241 cm³/mol. The molecule has 1 aliphatic carbocycles. The van der Waals surface area contributed by atoms with E-state index < -0.39 is 47.8 Å². The molecule has 0 fully saturated rings. The lowest BCUT2D eigenvalue weighted by molar-refractivity contribution is -0.135. The van der Waals surface area contributed by atoms with Gasteiger partial charge in [-0.2, -0.15) is 0 Å². The molecule has 0 heterocycles. The average Bonchev–Trinajstić information content (AvgIpc) is 3.58. The maximum absolute atomic E-state index is 13.6. The second-order valence-electron chi connectivity index (χ2n) is 16.7. The van der Waals surface area contributed by atoms with Crippen molar-refractivity contribution in [3.63, 3.8) is 0 Å². The third-order valence-corrected chi connectivity index (χ3v) is 9.88. The van der Waals surface area contributed by atoms with E-state index in [4.69, 9.17) is 33.2 Å². The molecular weight excluding hydrogens is 825 g/mol. The van der Waals surface area contributed by atoms with Crippen LogP contribution < -0.4 is 21.3 Å². The number of hydrogen-bond acceptors (Lipinski definition) is 12. The highest BCUT2D eigenvalue weighted by atomic mass is 16.6. The Morgan fingerprint density at radius 3 is 1.61 bits per heavy atom. The van der Waals surface area contributed by atoms with Gasteiger partial charge in [0.1, 0.15) is 18.2 Å². The lowest BCUT2D eigenvalue weighted by Gasteiger charge is -2.26. The van der Waals surface area contributed by atoms with E-state index >= 15 is 0 Å². The fraction of sp³-hybridized carbons (Fsp3) is 0.542. The quantitative estimate of drug-likeness (QED) is 0.0600. The minimum Gasteiger partial charge on any atom is -0.449 e. The Morgan fingerprint density at radius 1 is 0.609 bits per heavy atom. The largest absolute Gasteiger partial charge is 0.449 e. The normalized spacial score (nSPS) is 13.6. The van der Waals surface area contributed by atoms with Crippen LogP contribution in [0.4, 0.5) is 9.59 Å². The maximum atomic E-state index is 13.6. The first-order valence-corrected chi connectivity index (χ1v) is 22.1. The van der Waals surface area contributed by atoms with Gasteiger partial charge < -0.3 is 59.5 Å². The van der Waals surface area contributed by atoms with Crippen LogP contribution in [0.2, 0.25) is 0 Å².